The number of hydrogen-bond acceptors (Lipinski definition) is 3. The average Bonchev–Trinajstić information content (AvgIpc) is 2.52. The van der Waals surface area contributed by atoms with Crippen molar-refractivity contribution in [2.24, 2.45) is 0 Å². The maximum absolute atomic E-state index is 13.5. The number of carbonyl (C=O) groups is 2. The van der Waals surface area contributed by atoms with Crippen molar-refractivity contribution in [3.05, 3.63) is 53.6 Å². The lowest BCUT2D eigenvalue weighted by molar-refractivity contribution is -0.114. The van der Waals surface area contributed by atoms with Crippen LogP contribution in [0.4, 0.5) is 20.2 Å². The number of hydrogen-bond donors (Lipinski definition) is 2. The van der Waals surface area contributed by atoms with Gasteiger partial charge < -0.3 is 15.4 Å². The third kappa shape index (κ3) is 4.28. The largest absolute Gasteiger partial charge is 0.494 e. The highest BCUT2D eigenvalue weighted by Gasteiger charge is 2.15. The Morgan fingerprint density at radius 2 is 1.67 bits per heavy atom. The third-order valence-corrected chi connectivity index (χ3v) is 3.03. The van der Waals surface area contributed by atoms with Crippen LogP contribution in [0.1, 0.15) is 24.2 Å². The van der Waals surface area contributed by atoms with Gasteiger partial charge in [-0.3, -0.25) is 9.59 Å². The predicted octanol–water partition coefficient (Wildman–Crippen LogP) is 3.57. The van der Waals surface area contributed by atoms with Gasteiger partial charge in [0.1, 0.15) is 5.75 Å². The van der Waals surface area contributed by atoms with Crippen LogP contribution in [0.15, 0.2) is 36.4 Å². The van der Waals surface area contributed by atoms with Crippen LogP contribution < -0.4 is 15.4 Å². The zero-order chi connectivity index (χ0) is 17.7. The molecule has 0 aromatic heterocycles. The van der Waals surface area contributed by atoms with Gasteiger partial charge in [-0.05, 0) is 25.1 Å². The van der Waals surface area contributed by atoms with Gasteiger partial charge in [-0.15, -0.1) is 0 Å². The number of carbonyl (C=O) groups excluding carboxylic acids is 2. The summed E-state index contributed by atoms with van der Waals surface area (Å²) in [6.07, 6.45) is 0. The number of halogens is 2. The monoisotopic (exact) mass is 334 g/mol. The fourth-order valence-corrected chi connectivity index (χ4v) is 2.03. The molecule has 0 atom stereocenters. The van der Waals surface area contributed by atoms with Crippen LogP contribution in [0.25, 0.3) is 0 Å². The molecule has 0 radical (unpaired) electrons. The minimum Gasteiger partial charge on any atom is -0.494 e. The summed E-state index contributed by atoms with van der Waals surface area (Å²) in [5.74, 6) is -2.78. The lowest BCUT2D eigenvalue weighted by Gasteiger charge is -2.13. The van der Waals surface area contributed by atoms with Gasteiger partial charge in [0.25, 0.3) is 5.91 Å². The van der Waals surface area contributed by atoms with E-state index in [4.69, 9.17) is 4.74 Å². The van der Waals surface area contributed by atoms with E-state index < -0.39 is 23.4 Å². The van der Waals surface area contributed by atoms with Gasteiger partial charge in [0.15, 0.2) is 11.6 Å². The van der Waals surface area contributed by atoms with E-state index in [2.05, 4.69) is 10.6 Å². The molecule has 24 heavy (non-hydrogen) atoms. The number of nitrogens with one attached hydrogen (secondary N) is 2. The zero-order valence-corrected chi connectivity index (χ0v) is 13.2. The Balaban J connectivity index is 2.29. The summed E-state index contributed by atoms with van der Waals surface area (Å²) in [4.78, 5) is 23.5. The number of benzene rings is 2. The summed E-state index contributed by atoms with van der Waals surface area (Å²) >= 11 is 0. The summed E-state index contributed by atoms with van der Waals surface area (Å²) in [6, 6.07) is 8.03. The summed E-state index contributed by atoms with van der Waals surface area (Å²) in [5.41, 5.74) is 0.200. The summed E-state index contributed by atoms with van der Waals surface area (Å²) in [6.45, 7) is 3.48. The molecule has 0 heterocycles. The van der Waals surface area contributed by atoms with Crippen LogP contribution >= 0.6 is 0 Å². The quantitative estimate of drug-likeness (QED) is 0.878. The number of amides is 2. The molecule has 2 aromatic carbocycles. The summed E-state index contributed by atoms with van der Waals surface area (Å²) < 4.78 is 32.1. The second kappa shape index (κ2) is 7.54. The minimum absolute atomic E-state index is 0.0317. The first-order valence-electron chi connectivity index (χ1n) is 7.21. The van der Waals surface area contributed by atoms with Gasteiger partial charge in [0.2, 0.25) is 5.91 Å². The van der Waals surface area contributed by atoms with Crippen molar-refractivity contribution in [1.29, 1.82) is 0 Å². The molecule has 2 amide bonds. The molecular formula is C17H16F2N2O3. The van der Waals surface area contributed by atoms with Gasteiger partial charge in [-0.25, -0.2) is 8.78 Å². The molecule has 0 fully saturated rings. The molecule has 0 bridgehead atoms. The second-order valence-corrected chi connectivity index (χ2v) is 4.91. The Kier molecular flexibility index (Phi) is 5.47. The van der Waals surface area contributed by atoms with Crippen molar-refractivity contribution in [2.45, 2.75) is 13.8 Å². The third-order valence-electron chi connectivity index (χ3n) is 3.03. The van der Waals surface area contributed by atoms with E-state index in [1.807, 2.05) is 6.92 Å². The van der Waals surface area contributed by atoms with Crippen molar-refractivity contribution < 1.29 is 23.1 Å². The molecule has 0 saturated carbocycles. The molecule has 0 spiro atoms. The fourth-order valence-electron chi connectivity index (χ4n) is 2.03. The summed E-state index contributed by atoms with van der Waals surface area (Å²) in [5, 5.41) is 4.80. The molecule has 2 rings (SSSR count). The first-order chi connectivity index (χ1) is 11.4. The summed E-state index contributed by atoms with van der Waals surface area (Å²) in [7, 11) is 0. The van der Waals surface area contributed by atoms with Crippen LogP contribution in [0.3, 0.4) is 0 Å². The van der Waals surface area contributed by atoms with Crippen LogP contribution in [0.5, 0.6) is 5.75 Å². The van der Waals surface area contributed by atoms with Crippen molar-refractivity contribution in [2.75, 3.05) is 17.2 Å². The average molecular weight is 334 g/mol. The molecule has 0 saturated heterocycles. The van der Waals surface area contributed by atoms with Crippen LogP contribution in [-0.4, -0.2) is 18.4 Å². The first-order valence-corrected chi connectivity index (χ1v) is 7.21. The van der Waals surface area contributed by atoms with Gasteiger partial charge in [-0.2, -0.15) is 0 Å². The van der Waals surface area contributed by atoms with Crippen molar-refractivity contribution in [3.8, 4) is 5.75 Å². The molecular weight excluding hydrogens is 318 g/mol. The normalized spacial score (nSPS) is 10.2. The van der Waals surface area contributed by atoms with Crippen molar-refractivity contribution in [1.82, 2.24) is 0 Å². The topological polar surface area (TPSA) is 67.4 Å². The lowest BCUT2D eigenvalue weighted by atomic mass is 10.2. The predicted molar refractivity (Wildman–Crippen MR) is 86.2 cm³/mol. The van der Waals surface area contributed by atoms with E-state index in [1.54, 1.807) is 18.2 Å². The number of anilines is 2. The smallest absolute Gasteiger partial charge is 0.255 e. The second-order valence-electron chi connectivity index (χ2n) is 4.91. The Bertz CT molecular complexity index is 778. The fraction of sp³-hybridized carbons (Fsp3) is 0.176. The van der Waals surface area contributed by atoms with Crippen LogP contribution in [-0.2, 0) is 4.79 Å². The van der Waals surface area contributed by atoms with Gasteiger partial charge in [-0.1, -0.05) is 6.07 Å². The molecule has 126 valence electrons. The van der Waals surface area contributed by atoms with Crippen LogP contribution in [0, 0.1) is 11.6 Å². The van der Waals surface area contributed by atoms with E-state index in [-0.39, 0.29) is 16.9 Å². The molecule has 0 aliphatic carbocycles. The van der Waals surface area contributed by atoms with E-state index in [1.165, 1.54) is 13.0 Å². The maximum atomic E-state index is 13.5. The highest BCUT2D eigenvalue weighted by Crippen LogP contribution is 2.26. The zero-order valence-electron chi connectivity index (χ0n) is 13.2. The van der Waals surface area contributed by atoms with E-state index in [0.717, 1.165) is 12.1 Å². The van der Waals surface area contributed by atoms with Gasteiger partial charge >= 0.3 is 0 Å². The molecule has 0 aliphatic rings. The van der Waals surface area contributed by atoms with Gasteiger partial charge in [0, 0.05) is 24.6 Å². The number of ether oxygens (including phenoxy) is 1. The van der Waals surface area contributed by atoms with Crippen molar-refractivity contribution >= 4 is 23.2 Å². The van der Waals surface area contributed by atoms with Crippen molar-refractivity contribution in [3.63, 3.8) is 0 Å². The van der Waals surface area contributed by atoms with E-state index in [0.29, 0.717) is 12.4 Å². The highest BCUT2D eigenvalue weighted by molar-refractivity contribution is 6.07. The Hall–Kier alpha value is -2.96. The molecule has 0 aliphatic heterocycles. The standard InChI is InChI=1S/C17H16F2N2O3/c1-3-24-12-6-4-5-11(7-12)17(23)21-16-9-14(19)13(18)8-15(16)20-10(2)22/h4-9H,3H2,1-2H3,(H,20,22)(H,21,23). The molecule has 2 N–H and O–H groups in total. The molecule has 5 nitrogen and oxygen atoms in total. The highest BCUT2D eigenvalue weighted by atomic mass is 19.2. The van der Waals surface area contributed by atoms with E-state index in [9.17, 15) is 18.4 Å². The Morgan fingerprint density at radius 1 is 1.04 bits per heavy atom. The molecule has 2 aromatic rings. The Morgan fingerprint density at radius 3 is 2.25 bits per heavy atom. The maximum Gasteiger partial charge on any atom is 0.255 e. The molecule has 0 unspecified atom stereocenters. The molecule has 7 heteroatoms. The first kappa shape index (κ1) is 17.4. The van der Waals surface area contributed by atoms with Crippen LogP contribution in [0.2, 0.25) is 0 Å². The Labute approximate surface area is 137 Å². The minimum atomic E-state index is -1.14. The lowest BCUT2D eigenvalue weighted by Crippen LogP contribution is -2.16. The number of rotatable bonds is 5. The van der Waals surface area contributed by atoms with Gasteiger partial charge in [0.05, 0.1) is 18.0 Å². The SMILES string of the molecule is CCOc1cccc(C(=O)Nc2cc(F)c(F)cc2NC(C)=O)c1. The van der Waals surface area contributed by atoms with E-state index >= 15 is 0 Å².